The molecule has 0 aliphatic heterocycles. The van der Waals surface area contributed by atoms with E-state index in [9.17, 15) is 5.11 Å². The topological polar surface area (TPSA) is 58.4 Å². The summed E-state index contributed by atoms with van der Waals surface area (Å²) in [5, 5.41) is 9.26. The van der Waals surface area contributed by atoms with Crippen LogP contribution in [0.2, 0.25) is 0 Å². The van der Waals surface area contributed by atoms with E-state index in [1.165, 1.54) is 0 Å². The van der Waals surface area contributed by atoms with Crippen LogP contribution in [0.3, 0.4) is 0 Å². The first-order valence-corrected chi connectivity index (χ1v) is 6.73. The van der Waals surface area contributed by atoms with Gasteiger partial charge in [0, 0.05) is 12.4 Å². The van der Waals surface area contributed by atoms with Gasteiger partial charge < -0.3 is 5.11 Å². The minimum absolute atomic E-state index is 0.0497. The number of hydrogen-bond donors (Lipinski definition) is 1. The molecule has 20 heavy (non-hydrogen) atoms. The molecule has 2 heterocycles. The molecule has 104 valence electrons. The quantitative estimate of drug-likeness (QED) is 0.849. The van der Waals surface area contributed by atoms with Crippen molar-refractivity contribution in [3.63, 3.8) is 0 Å². The maximum atomic E-state index is 9.26. The number of aromatic nitrogens is 2. The Morgan fingerprint density at radius 1 is 1.15 bits per heavy atom. The summed E-state index contributed by atoms with van der Waals surface area (Å²) in [6.45, 7) is 4.13. The van der Waals surface area contributed by atoms with Gasteiger partial charge in [-0.3, -0.25) is 9.98 Å². The van der Waals surface area contributed by atoms with Crippen molar-refractivity contribution in [1.29, 1.82) is 0 Å². The average Bonchev–Trinajstić information content (AvgIpc) is 2.49. The highest BCUT2D eigenvalue weighted by molar-refractivity contribution is 5.78. The lowest BCUT2D eigenvalue weighted by molar-refractivity contribution is 0.240. The number of rotatable bonds is 5. The van der Waals surface area contributed by atoms with Crippen LogP contribution in [0.5, 0.6) is 0 Å². The Balaban J connectivity index is 2.20. The van der Waals surface area contributed by atoms with Crippen LogP contribution in [0.25, 0.3) is 11.4 Å². The summed E-state index contributed by atoms with van der Waals surface area (Å²) in [7, 11) is 0. The molecule has 0 saturated carbocycles. The second-order valence-corrected chi connectivity index (χ2v) is 4.93. The second kappa shape index (κ2) is 6.91. The van der Waals surface area contributed by atoms with Crippen LogP contribution in [-0.2, 0) is 0 Å². The summed E-state index contributed by atoms with van der Waals surface area (Å²) >= 11 is 0. The second-order valence-electron chi connectivity index (χ2n) is 4.93. The first-order valence-electron chi connectivity index (χ1n) is 6.73. The molecular weight excluding hydrogens is 250 g/mol. The summed E-state index contributed by atoms with van der Waals surface area (Å²) < 4.78 is 0. The van der Waals surface area contributed by atoms with Crippen LogP contribution < -0.4 is 0 Å². The molecule has 0 aliphatic rings. The van der Waals surface area contributed by atoms with Gasteiger partial charge in [0.25, 0.3) is 0 Å². The van der Waals surface area contributed by atoms with E-state index in [2.05, 4.69) is 15.0 Å². The van der Waals surface area contributed by atoms with E-state index >= 15 is 0 Å². The number of aliphatic imine (C=N–C) groups is 1. The Morgan fingerprint density at radius 2 is 1.95 bits per heavy atom. The normalized spacial score (nSPS) is 13.0. The van der Waals surface area contributed by atoms with Crippen LogP contribution >= 0.6 is 0 Å². The molecule has 1 atom stereocenters. The van der Waals surface area contributed by atoms with Crippen molar-refractivity contribution in [3.8, 4) is 11.4 Å². The van der Waals surface area contributed by atoms with Crippen LogP contribution in [0.15, 0.2) is 47.6 Å². The largest absolute Gasteiger partial charge is 0.394 e. The van der Waals surface area contributed by atoms with E-state index < -0.39 is 0 Å². The van der Waals surface area contributed by atoms with E-state index in [1.54, 1.807) is 12.4 Å². The molecule has 4 nitrogen and oxygen atoms in total. The first-order chi connectivity index (χ1) is 9.70. The van der Waals surface area contributed by atoms with E-state index in [0.717, 1.165) is 17.1 Å². The van der Waals surface area contributed by atoms with E-state index in [4.69, 9.17) is 0 Å². The van der Waals surface area contributed by atoms with Crippen molar-refractivity contribution < 1.29 is 5.11 Å². The summed E-state index contributed by atoms with van der Waals surface area (Å²) in [5.41, 5.74) is 2.43. The maximum Gasteiger partial charge on any atom is 0.0894 e. The molecule has 0 fully saturated rings. The molecule has 1 N–H and O–H groups in total. The van der Waals surface area contributed by atoms with Gasteiger partial charge in [-0.1, -0.05) is 26.0 Å². The number of hydrogen-bond acceptors (Lipinski definition) is 4. The van der Waals surface area contributed by atoms with E-state index in [0.29, 0.717) is 5.92 Å². The molecule has 0 spiro atoms. The van der Waals surface area contributed by atoms with Crippen LogP contribution in [-0.4, -0.2) is 33.9 Å². The Morgan fingerprint density at radius 3 is 2.60 bits per heavy atom. The summed E-state index contributed by atoms with van der Waals surface area (Å²) in [5.74, 6) is 0.301. The third-order valence-corrected chi connectivity index (χ3v) is 3.05. The first kappa shape index (κ1) is 14.3. The van der Waals surface area contributed by atoms with Gasteiger partial charge in [0.2, 0.25) is 0 Å². The highest BCUT2D eigenvalue weighted by Gasteiger charge is 2.09. The molecule has 0 saturated heterocycles. The van der Waals surface area contributed by atoms with E-state index in [1.807, 2.05) is 50.2 Å². The standard InChI is InChI=1S/C16H19N3O/c1-12(2)16(11-20)18-10-13-6-5-8-15(19-13)14-7-3-4-9-17-14/h3-10,12,16,20H,11H2,1-2H3/t16-/m1/s1. The number of aliphatic hydroxyl groups excluding tert-OH is 1. The zero-order chi connectivity index (χ0) is 14.4. The van der Waals surface area contributed by atoms with Crippen molar-refractivity contribution in [2.45, 2.75) is 19.9 Å². The highest BCUT2D eigenvalue weighted by atomic mass is 16.3. The maximum absolute atomic E-state index is 9.26. The average molecular weight is 269 g/mol. The molecule has 2 aromatic rings. The molecule has 0 unspecified atom stereocenters. The minimum Gasteiger partial charge on any atom is -0.394 e. The van der Waals surface area contributed by atoms with Crippen molar-refractivity contribution in [1.82, 2.24) is 9.97 Å². The monoisotopic (exact) mass is 269 g/mol. The molecule has 0 bridgehead atoms. The fourth-order valence-electron chi connectivity index (χ4n) is 1.78. The fourth-order valence-corrected chi connectivity index (χ4v) is 1.78. The third kappa shape index (κ3) is 3.71. The summed E-state index contributed by atoms with van der Waals surface area (Å²) in [6, 6.07) is 11.4. The van der Waals surface area contributed by atoms with Gasteiger partial charge in [0.05, 0.1) is 29.7 Å². The molecule has 0 aliphatic carbocycles. The minimum atomic E-state index is -0.0877. The molecular formula is C16H19N3O. The van der Waals surface area contributed by atoms with Gasteiger partial charge in [-0.15, -0.1) is 0 Å². The van der Waals surface area contributed by atoms with Gasteiger partial charge >= 0.3 is 0 Å². The number of nitrogens with zero attached hydrogens (tertiary/aromatic N) is 3. The SMILES string of the molecule is CC(C)[C@@H](CO)N=Cc1cccc(-c2ccccn2)n1. The lowest BCUT2D eigenvalue weighted by Gasteiger charge is -2.12. The van der Waals surface area contributed by atoms with Crippen molar-refractivity contribution in [2.24, 2.45) is 10.9 Å². The Hall–Kier alpha value is -2.07. The van der Waals surface area contributed by atoms with Gasteiger partial charge in [-0.25, -0.2) is 4.98 Å². The van der Waals surface area contributed by atoms with Crippen molar-refractivity contribution in [3.05, 3.63) is 48.3 Å². The van der Waals surface area contributed by atoms with Crippen LogP contribution in [0, 0.1) is 5.92 Å². The van der Waals surface area contributed by atoms with Gasteiger partial charge in [0.15, 0.2) is 0 Å². The van der Waals surface area contributed by atoms with Crippen molar-refractivity contribution in [2.75, 3.05) is 6.61 Å². The fraction of sp³-hybridized carbons (Fsp3) is 0.312. The third-order valence-electron chi connectivity index (χ3n) is 3.05. The van der Waals surface area contributed by atoms with Crippen LogP contribution in [0.1, 0.15) is 19.5 Å². The molecule has 0 aromatic carbocycles. The number of aliphatic hydroxyl groups is 1. The summed E-state index contributed by atoms with van der Waals surface area (Å²) in [4.78, 5) is 13.2. The molecule has 2 rings (SSSR count). The lowest BCUT2D eigenvalue weighted by Crippen LogP contribution is -2.17. The predicted molar refractivity (Wildman–Crippen MR) is 80.8 cm³/mol. The van der Waals surface area contributed by atoms with Crippen LogP contribution in [0.4, 0.5) is 0 Å². The Bertz CT molecular complexity index is 567. The molecule has 0 amide bonds. The summed E-state index contributed by atoms with van der Waals surface area (Å²) in [6.07, 6.45) is 3.46. The van der Waals surface area contributed by atoms with Gasteiger partial charge in [-0.2, -0.15) is 0 Å². The van der Waals surface area contributed by atoms with Crippen molar-refractivity contribution >= 4 is 6.21 Å². The van der Waals surface area contributed by atoms with Gasteiger partial charge in [-0.05, 0) is 30.2 Å². The van der Waals surface area contributed by atoms with Gasteiger partial charge in [0.1, 0.15) is 0 Å². The van der Waals surface area contributed by atoms with E-state index in [-0.39, 0.29) is 12.6 Å². The smallest absolute Gasteiger partial charge is 0.0894 e. The zero-order valence-corrected chi connectivity index (χ0v) is 11.8. The molecule has 4 heteroatoms. The molecule has 0 radical (unpaired) electrons. The Labute approximate surface area is 119 Å². The highest BCUT2D eigenvalue weighted by Crippen LogP contribution is 2.13. The number of pyridine rings is 2. The Kier molecular flexibility index (Phi) is 4.96. The predicted octanol–water partition coefficient (Wildman–Crippen LogP) is 2.58. The zero-order valence-electron chi connectivity index (χ0n) is 11.8. The molecule has 2 aromatic heterocycles. The lowest BCUT2D eigenvalue weighted by atomic mass is 10.1.